The Balaban J connectivity index is 1.85. The average molecular weight is 352 g/mol. The molecular formula is C16H18ClN3O4. The van der Waals surface area contributed by atoms with E-state index < -0.39 is 18.0 Å². The van der Waals surface area contributed by atoms with Crippen molar-refractivity contribution >= 4 is 29.2 Å². The molecule has 0 radical (unpaired) electrons. The lowest BCUT2D eigenvalue weighted by molar-refractivity contribution is -0.153. The van der Waals surface area contributed by atoms with E-state index in [-0.39, 0.29) is 11.6 Å². The molecule has 0 unspecified atom stereocenters. The Hall–Kier alpha value is -2.41. The normalized spacial score (nSPS) is 11.8. The first-order valence-corrected chi connectivity index (χ1v) is 7.79. The maximum absolute atomic E-state index is 12.0. The van der Waals surface area contributed by atoms with Gasteiger partial charge in [-0.05, 0) is 39.3 Å². The monoisotopic (exact) mass is 351 g/mol. The molecule has 8 heteroatoms. The van der Waals surface area contributed by atoms with Crippen molar-refractivity contribution in [2.24, 2.45) is 0 Å². The molecule has 2 aromatic rings. The van der Waals surface area contributed by atoms with Crippen molar-refractivity contribution in [3.63, 3.8) is 0 Å². The van der Waals surface area contributed by atoms with Crippen LogP contribution in [0.4, 0.5) is 5.69 Å². The average Bonchev–Trinajstić information content (AvgIpc) is 2.86. The summed E-state index contributed by atoms with van der Waals surface area (Å²) in [6.45, 7) is 5.09. The number of esters is 1. The first-order valence-electron chi connectivity index (χ1n) is 7.41. The van der Waals surface area contributed by atoms with Crippen LogP contribution in [0.1, 0.15) is 30.4 Å². The summed E-state index contributed by atoms with van der Waals surface area (Å²) in [6, 6.07) is 3.25. The van der Waals surface area contributed by atoms with Crippen molar-refractivity contribution in [1.29, 1.82) is 0 Å². The van der Waals surface area contributed by atoms with E-state index in [1.165, 1.54) is 13.1 Å². The molecule has 0 aliphatic carbocycles. The SMILES string of the molecule is Cc1noc(C)c1CCC(=O)O[C@H](C)C(=O)Nc1cccnc1Cl. The Bertz CT molecular complexity index is 725. The Morgan fingerprint density at radius 2 is 2.17 bits per heavy atom. The van der Waals surface area contributed by atoms with Crippen LogP contribution in [-0.2, 0) is 20.7 Å². The van der Waals surface area contributed by atoms with E-state index in [1.807, 2.05) is 6.92 Å². The summed E-state index contributed by atoms with van der Waals surface area (Å²) in [4.78, 5) is 27.8. The second-order valence-corrected chi connectivity index (χ2v) is 5.62. The molecule has 7 nitrogen and oxygen atoms in total. The van der Waals surface area contributed by atoms with Gasteiger partial charge in [0.25, 0.3) is 5.91 Å². The van der Waals surface area contributed by atoms with Gasteiger partial charge in [-0.3, -0.25) is 9.59 Å². The predicted molar refractivity (Wildman–Crippen MR) is 87.7 cm³/mol. The predicted octanol–water partition coefficient (Wildman–Crippen LogP) is 2.84. The Kier molecular flexibility index (Phi) is 5.92. The van der Waals surface area contributed by atoms with E-state index in [9.17, 15) is 9.59 Å². The van der Waals surface area contributed by atoms with Crippen LogP contribution in [0.5, 0.6) is 0 Å². The molecule has 1 atom stereocenters. The van der Waals surface area contributed by atoms with E-state index in [0.29, 0.717) is 17.9 Å². The van der Waals surface area contributed by atoms with Gasteiger partial charge in [0.1, 0.15) is 5.76 Å². The highest BCUT2D eigenvalue weighted by atomic mass is 35.5. The number of nitrogens with zero attached hydrogens (tertiary/aromatic N) is 2. The number of hydrogen-bond donors (Lipinski definition) is 1. The van der Waals surface area contributed by atoms with Crippen LogP contribution in [0.15, 0.2) is 22.9 Å². The van der Waals surface area contributed by atoms with Crippen LogP contribution >= 0.6 is 11.6 Å². The molecule has 0 aromatic carbocycles. The largest absolute Gasteiger partial charge is 0.453 e. The van der Waals surface area contributed by atoms with Crippen LogP contribution in [0, 0.1) is 13.8 Å². The van der Waals surface area contributed by atoms with Crippen molar-refractivity contribution in [2.45, 2.75) is 39.7 Å². The minimum Gasteiger partial charge on any atom is -0.453 e. The maximum Gasteiger partial charge on any atom is 0.306 e. The van der Waals surface area contributed by atoms with Crippen LogP contribution in [-0.4, -0.2) is 28.1 Å². The van der Waals surface area contributed by atoms with Gasteiger partial charge in [-0.1, -0.05) is 16.8 Å². The zero-order chi connectivity index (χ0) is 17.7. The lowest BCUT2D eigenvalue weighted by Crippen LogP contribution is -2.30. The fourth-order valence-electron chi connectivity index (χ4n) is 2.11. The topological polar surface area (TPSA) is 94.3 Å². The number of nitrogens with one attached hydrogen (secondary N) is 1. The molecule has 2 rings (SSSR count). The van der Waals surface area contributed by atoms with Crippen LogP contribution in [0.3, 0.4) is 0 Å². The van der Waals surface area contributed by atoms with Crippen molar-refractivity contribution in [1.82, 2.24) is 10.1 Å². The van der Waals surface area contributed by atoms with E-state index in [4.69, 9.17) is 20.9 Å². The maximum atomic E-state index is 12.0. The van der Waals surface area contributed by atoms with E-state index in [2.05, 4.69) is 15.5 Å². The number of aromatic nitrogens is 2. The smallest absolute Gasteiger partial charge is 0.306 e. The summed E-state index contributed by atoms with van der Waals surface area (Å²) >= 11 is 5.87. The number of aryl methyl sites for hydroxylation is 2. The molecule has 2 aromatic heterocycles. The van der Waals surface area contributed by atoms with Crippen molar-refractivity contribution in [3.05, 3.63) is 40.5 Å². The molecule has 1 N–H and O–H groups in total. The summed E-state index contributed by atoms with van der Waals surface area (Å²) in [7, 11) is 0. The third-order valence-corrected chi connectivity index (χ3v) is 3.76. The summed E-state index contributed by atoms with van der Waals surface area (Å²) in [6.07, 6.45) is 1.14. The van der Waals surface area contributed by atoms with Gasteiger partial charge in [0.2, 0.25) is 0 Å². The molecular weight excluding hydrogens is 334 g/mol. The molecule has 0 spiro atoms. The van der Waals surface area contributed by atoms with Gasteiger partial charge in [-0.15, -0.1) is 0 Å². The summed E-state index contributed by atoms with van der Waals surface area (Å²) in [5.74, 6) is -0.275. The summed E-state index contributed by atoms with van der Waals surface area (Å²) in [5, 5.41) is 6.57. The second-order valence-electron chi connectivity index (χ2n) is 5.27. The molecule has 128 valence electrons. The zero-order valence-corrected chi connectivity index (χ0v) is 14.4. The number of ether oxygens (including phenoxy) is 1. The standard InChI is InChI=1S/C16H18ClN3O4/c1-9-12(10(2)24-20-9)6-7-14(21)23-11(3)16(22)19-13-5-4-8-18-15(13)17/h4-5,8,11H,6-7H2,1-3H3,(H,19,22)/t11-/m1/s1. The van der Waals surface area contributed by atoms with Gasteiger partial charge < -0.3 is 14.6 Å². The number of rotatable bonds is 6. The van der Waals surface area contributed by atoms with E-state index in [0.717, 1.165) is 11.3 Å². The van der Waals surface area contributed by atoms with Gasteiger partial charge in [0.05, 0.1) is 11.4 Å². The number of carbonyl (C=O) groups is 2. The van der Waals surface area contributed by atoms with Crippen molar-refractivity contribution in [3.8, 4) is 0 Å². The molecule has 1 amide bonds. The van der Waals surface area contributed by atoms with E-state index >= 15 is 0 Å². The fourth-order valence-corrected chi connectivity index (χ4v) is 2.28. The number of hydrogen-bond acceptors (Lipinski definition) is 6. The number of halogens is 1. The number of pyridine rings is 1. The lowest BCUT2D eigenvalue weighted by Gasteiger charge is -2.13. The summed E-state index contributed by atoms with van der Waals surface area (Å²) in [5.41, 5.74) is 1.99. The molecule has 24 heavy (non-hydrogen) atoms. The van der Waals surface area contributed by atoms with Gasteiger partial charge >= 0.3 is 5.97 Å². The molecule has 0 aliphatic heterocycles. The zero-order valence-electron chi connectivity index (χ0n) is 13.6. The number of carbonyl (C=O) groups excluding carboxylic acids is 2. The minimum atomic E-state index is -0.946. The molecule has 0 bridgehead atoms. The highest BCUT2D eigenvalue weighted by molar-refractivity contribution is 6.32. The van der Waals surface area contributed by atoms with Gasteiger partial charge in [0, 0.05) is 18.2 Å². The third kappa shape index (κ3) is 4.55. The number of amides is 1. The van der Waals surface area contributed by atoms with Crippen LogP contribution in [0.2, 0.25) is 5.15 Å². The fraction of sp³-hybridized carbons (Fsp3) is 0.375. The molecule has 0 fully saturated rings. The Labute approximate surface area is 144 Å². The quantitative estimate of drug-likeness (QED) is 0.635. The van der Waals surface area contributed by atoms with Gasteiger partial charge in [0.15, 0.2) is 11.3 Å². The summed E-state index contributed by atoms with van der Waals surface area (Å²) < 4.78 is 10.2. The Morgan fingerprint density at radius 3 is 2.79 bits per heavy atom. The van der Waals surface area contributed by atoms with Gasteiger partial charge in [-0.2, -0.15) is 0 Å². The molecule has 0 aliphatic rings. The van der Waals surface area contributed by atoms with Crippen molar-refractivity contribution in [2.75, 3.05) is 5.32 Å². The van der Waals surface area contributed by atoms with E-state index in [1.54, 1.807) is 19.1 Å². The third-order valence-electron chi connectivity index (χ3n) is 3.45. The molecule has 0 saturated heterocycles. The highest BCUT2D eigenvalue weighted by Gasteiger charge is 2.20. The Morgan fingerprint density at radius 1 is 1.42 bits per heavy atom. The van der Waals surface area contributed by atoms with Gasteiger partial charge in [-0.25, -0.2) is 4.98 Å². The van der Waals surface area contributed by atoms with Crippen molar-refractivity contribution < 1.29 is 18.8 Å². The van der Waals surface area contributed by atoms with Crippen LogP contribution < -0.4 is 5.32 Å². The number of anilines is 1. The first-order chi connectivity index (χ1) is 11.4. The second kappa shape index (κ2) is 7.92. The first kappa shape index (κ1) is 17.9. The highest BCUT2D eigenvalue weighted by Crippen LogP contribution is 2.18. The molecule has 2 heterocycles. The van der Waals surface area contributed by atoms with Crippen LogP contribution in [0.25, 0.3) is 0 Å². The molecule has 0 saturated carbocycles. The minimum absolute atomic E-state index is 0.133. The lowest BCUT2D eigenvalue weighted by atomic mass is 10.1.